The number of anilines is 1. The second-order valence-electron chi connectivity index (χ2n) is 7.50. The van der Waals surface area contributed by atoms with Crippen molar-refractivity contribution in [2.75, 3.05) is 18.5 Å². The average Bonchev–Trinajstić information content (AvgIpc) is 3.24. The van der Waals surface area contributed by atoms with Crippen LogP contribution >= 0.6 is 11.3 Å². The fourth-order valence-corrected chi connectivity index (χ4v) is 4.41. The number of hydrogen-bond acceptors (Lipinski definition) is 6. The number of ether oxygens (including phenoxy) is 2. The molecule has 152 valence electrons. The molecule has 0 fully saturated rings. The van der Waals surface area contributed by atoms with Gasteiger partial charge >= 0.3 is 0 Å². The third-order valence-electron chi connectivity index (χ3n) is 4.73. The summed E-state index contributed by atoms with van der Waals surface area (Å²) in [7, 11) is 0. The van der Waals surface area contributed by atoms with Crippen molar-refractivity contribution in [2.45, 2.75) is 34.1 Å². The van der Waals surface area contributed by atoms with Gasteiger partial charge in [0.05, 0.1) is 5.56 Å². The highest BCUT2D eigenvalue weighted by Gasteiger charge is 2.20. The lowest BCUT2D eigenvalue weighted by Crippen LogP contribution is -2.16. The minimum absolute atomic E-state index is 0.186. The molecule has 29 heavy (non-hydrogen) atoms. The van der Waals surface area contributed by atoms with Crippen molar-refractivity contribution in [3.63, 3.8) is 0 Å². The number of aryl methyl sites for hydroxylation is 1. The lowest BCUT2D eigenvalue weighted by Gasteiger charge is -2.20. The Morgan fingerprint density at radius 3 is 2.69 bits per heavy atom. The molecule has 0 spiro atoms. The summed E-state index contributed by atoms with van der Waals surface area (Å²) in [6, 6.07) is 7.70. The SMILES string of the molecule is Cc1cc(C(=O)Nc2nnc(CC(C)C)s2)c(C)n1-c1ccc2c(c1)OCCO2. The van der Waals surface area contributed by atoms with Crippen LogP contribution in [0.25, 0.3) is 5.69 Å². The molecule has 4 rings (SSSR count). The summed E-state index contributed by atoms with van der Waals surface area (Å²) in [6.07, 6.45) is 0.853. The van der Waals surface area contributed by atoms with Gasteiger partial charge in [0, 0.05) is 29.6 Å². The van der Waals surface area contributed by atoms with E-state index in [1.165, 1.54) is 11.3 Å². The lowest BCUT2D eigenvalue weighted by molar-refractivity contribution is 0.102. The summed E-state index contributed by atoms with van der Waals surface area (Å²) >= 11 is 1.42. The molecule has 8 heteroatoms. The van der Waals surface area contributed by atoms with Gasteiger partial charge in [-0.05, 0) is 38.0 Å². The van der Waals surface area contributed by atoms with Crippen LogP contribution in [0, 0.1) is 19.8 Å². The molecule has 3 heterocycles. The van der Waals surface area contributed by atoms with Crippen LogP contribution in [0.2, 0.25) is 0 Å². The van der Waals surface area contributed by atoms with E-state index in [2.05, 4.69) is 29.4 Å². The number of fused-ring (bicyclic) bond motifs is 1. The van der Waals surface area contributed by atoms with Crippen LogP contribution < -0.4 is 14.8 Å². The molecule has 0 unspecified atom stereocenters. The number of rotatable bonds is 5. The predicted molar refractivity (Wildman–Crippen MR) is 113 cm³/mol. The van der Waals surface area contributed by atoms with Crippen LogP contribution in [-0.2, 0) is 6.42 Å². The van der Waals surface area contributed by atoms with E-state index in [1.807, 2.05) is 42.7 Å². The molecule has 1 N–H and O–H groups in total. The molecule has 0 aliphatic carbocycles. The van der Waals surface area contributed by atoms with Gasteiger partial charge in [0.25, 0.3) is 5.91 Å². The van der Waals surface area contributed by atoms with Crippen molar-refractivity contribution < 1.29 is 14.3 Å². The van der Waals surface area contributed by atoms with E-state index in [1.54, 1.807) is 0 Å². The Labute approximate surface area is 173 Å². The molecule has 7 nitrogen and oxygen atoms in total. The number of carbonyl (C=O) groups is 1. The summed E-state index contributed by atoms with van der Waals surface area (Å²) in [5.41, 5.74) is 3.35. The highest BCUT2D eigenvalue weighted by Crippen LogP contribution is 2.33. The van der Waals surface area contributed by atoms with E-state index in [4.69, 9.17) is 9.47 Å². The number of hydrogen-bond donors (Lipinski definition) is 1. The summed E-state index contributed by atoms with van der Waals surface area (Å²) in [6.45, 7) is 9.27. The highest BCUT2D eigenvalue weighted by atomic mass is 32.1. The Balaban J connectivity index is 1.58. The Bertz CT molecular complexity index is 1050. The predicted octanol–water partition coefficient (Wildman–Crippen LogP) is 4.17. The maximum atomic E-state index is 12.9. The molecule has 1 amide bonds. The first-order valence-corrected chi connectivity index (χ1v) is 10.5. The average molecular weight is 413 g/mol. The van der Waals surface area contributed by atoms with E-state index in [-0.39, 0.29) is 5.91 Å². The summed E-state index contributed by atoms with van der Waals surface area (Å²) in [4.78, 5) is 12.9. The highest BCUT2D eigenvalue weighted by molar-refractivity contribution is 7.15. The van der Waals surface area contributed by atoms with Gasteiger partial charge in [0.2, 0.25) is 5.13 Å². The van der Waals surface area contributed by atoms with Crippen LogP contribution in [0.1, 0.15) is 40.6 Å². The molecule has 1 aliphatic rings. The van der Waals surface area contributed by atoms with Crippen LogP contribution in [0.15, 0.2) is 24.3 Å². The van der Waals surface area contributed by atoms with Gasteiger partial charge < -0.3 is 14.0 Å². The van der Waals surface area contributed by atoms with Gasteiger partial charge in [-0.25, -0.2) is 0 Å². The summed E-state index contributed by atoms with van der Waals surface area (Å²) in [5, 5.41) is 12.6. The van der Waals surface area contributed by atoms with E-state index < -0.39 is 0 Å². The first-order valence-electron chi connectivity index (χ1n) is 9.65. The number of carbonyl (C=O) groups excluding carboxylic acids is 1. The Kier molecular flexibility index (Phi) is 5.27. The first kappa shape index (κ1) is 19.4. The van der Waals surface area contributed by atoms with Crippen LogP contribution in [0.5, 0.6) is 11.5 Å². The topological polar surface area (TPSA) is 78.3 Å². The standard InChI is InChI=1S/C21H24N4O3S/c1-12(2)9-19-23-24-21(29-19)22-20(26)16-10-13(3)25(14(16)4)15-5-6-17-18(11-15)28-8-7-27-17/h5-6,10-12H,7-9H2,1-4H3,(H,22,24,26). The Morgan fingerprint density at radius 2 is 1.93 bits per heavy atom. The maximum Gasteiger partial charge on any atom is 0.259 e. The van der Waals surface area contributed by atoms with Gasteiger partial charge in [0.1, 0.15) is 18.2 Å². The Hall–Kier alpha value is -2.87. The maximum absolute atomic E-state index is 12.9. The molecule has 0 atom stereocenters. The van der Waals surface area contributed by atoms with Crippen LogP contribution in [-0.4, -0.2) is 33.9 Å². The minimum atomic E-state index is -0.186. The molecule has 0 radical (unpaired) electrons. The number of nitrogens with one attached hydrogen (secondary N) is 1. The largest absolute Gasteiger partial charge is 0.486 e. The zero-order chi connectivity index (χ0) is 20.5. The fraction of sp³-hybridized carbons (Fsp3) is 0.381. The number of amides is 1. The number of benzene rings is 1. The number of nitrogens with zero attached hydrogens (tertiary/aromatic N) is 3. The van der Waals surface area contributed by atoms with Crippen LogP contribution in [0.3, 0.4) is 0 Å². The zero-order valence-corrected chi connectivity index (χ0v) is 17.8. The fourth-order valence-electron chi connectivity index (χ4n) is 3.46. The van der Waals surface area contributed by atoms with Crippen molar-refractivity contribution in [2.24, 2.45) is 5.92 Å². The second kappa shape index (κ2) is 7.87. The van der Waals surface area contributed by atoms with E-state index >= 15 is 0 Å². The molecule has 3 aromatic rings. The smallest absolute Gasteiger partial charge is 0.259 e. The third-order valence-corrected chi connectivity index (χ3v) is 5.59. The van der Waals surface area contributed by atoms with E-state index in [9.17, 15) is 4.79 Å². The quantitative estimate of drug-likeness (QED) is 0.681. The van der Waals surface area contributed by atoms with E-state index in [0.717, 1.165) is 40.0 Å². The van der Waals surface area contributed by atoms with E-state index in [0.29, 0.717) is 29.8 Å². The number of aromatic nitrogens is 3. The third kappa shape index (κ3) is 3.98. The molecule has 2 aromatic heterocycles. The van der Waals surface area contributed by atoms with Gasteiger partial charge in [-0.2, -0.15) is 0 Å². The zero-order valence-electron chi connectivity index (χ0n) is 17.0. The van der Waals surface area contributed by atoms with Gasteiger partial charge in [-0.15, -0.1) is 10.2 Å². The van der Waals surface area contributed by atoms with Crippen molar-refractivity contribution in [1.82, 2.24) is 14.8 Å². The van der Waals surface area contributed by atoms with Crippen LogP contribution in [0.4, 0.5) is 5.13 Å². The monoisotopic (exact) mass is 412 g/mol. The van der Waals surface area contributed by atoms with Gasteiger partial charge in [0.15, 0.2) is 11.5 Å². The van der Waals surface area contributed by atoms with Crippen molar-refractivity contribution in [3.05, 3.63) is 46.2 Å². The summed E-state index contributed by atoms with van der Waals surface area (Å²) < 4.78 is 13.3. The van der Waals surface area contributed by atoms with Gasteiger partial charge in [-0.1, -0.05) is 25.2 Å². The second-order valence-corrected chi connectivity index (χ2v) is 8.56. The molecule has 0 bridgehead atoms. The van der Waals surface area contributed by atoms with Crippen molar-refractivity contribution >= 4 is 22.4 Å². The summed E-state index contributed by atoms with van der Waals surface area (Å²) in [5.74, 6) is 1.78. The van der Waals surface area contributed by atoms with Crippen molar-refractivity contribution in [1.29, 1.82) is 0 Å². The first-order chi connectivity index (χ1) is 13.9. The molecule has 1 aromatic carbocycles. The lowest BCUT2D eigenvalue weighted by atomic mass is 10.1. The molecule has 0 saturated heterocycles. The Morgan fingerprint density at radius 1 is 1.17 bits per heavy atom. The molecule has 1 aliphatic heterocycles. The molecule has 0 saturated carbocycles. The van der Waals surface area contributed by atoms with Crippen molar-refractivity contribution in [3.8, 4) is 17.2 Å². The minimum Gasteiger partial charge on any atom is -0.486 e. The normalized spacial score (nSPS) is 13.0. The molecular formula is C21H24N4O3S. The molecular weight excluding hydrogens is 388 g/mol. The van der Waals surface area contributed by atoms with Gasteiger partial charge in [-0.3, -0.25) is 10.1 Å².